The van der Waals surface area contributed by atoms with Gasteiger partial charge in [0, 0.05) is 13.1 Å². The number of benzene rings is 1. The molecule has 0 aromatic heterocycles. The standard InChI is InChI=1S/C20H30N2O.ClH/c1-16-6-5-7-18(14-16)20(10-3-4-11-20)19(23)22-12-8-17(9-13-22)15-21-2;/h5-7,14,17,21H,3-4,8-13,15H2,1-2H3;1H. The van der Waals surface area contributed by atoms with Crippen LogP contribution in [-0.2, 0) is 10.2 Å². The summed E-state index contributed by atoms with van der Waals surface area (Å²) in [5.41, 5.74) is 2.26. The van der Waals surface area contributed by atoms with E-state index in [2.05, 4.69) is 41.4 Å². The Balaban J connectivity index is 0.00000208. The molecule has 4 heteroatoms. The molecule has 2 aliphatic rings. The average Bonchev–Trinajstić information content (AvgIpc) is 3.06. The Morgan fingerprint density at radius 1 is 1.25 bits per heavy atom. The number of hydrogen-bond donors (Lipinski definition) is 1. The molecule has 1 aromatic carbocycles. The van der Waals surface area contributed by atoms with Crippen molar-refractivity contribution in [1.29, 1.82) is 0 Å². The van der Waals surface area contributed by atoms with Crippen molar-refractivity contribution in [2.75, 3.05) is 26.7 Å². The Morgan fingerprint density at radius 2 is 1.92 bits per heavy atom. The van der Waals surface area contributed by atoms with E-state index in [1.165, 1.54) is 24.0 Å². The zero-order chi connectivity index (χ0) is 16.3. The van der Waals surface area contributed by atoms with Crippen LogP contribution in [0.15, 0.2) is 24.3 Å². The zero-order valence-electron chi connectivity index (χ0n) is 15.0. The smallest absolute Gasteiger partial charge is 0.233 e. The van der Waals surface area contributed by atoms with E-state index >= 15 is 0 Å². The van der Waals surface area contributed by atoms with Gasteiger partial charge in [-0.25, -0.2) is 0 Å². The van der Waals surface area contributed by atoms with Gasteiger partial charge in [0.15, 0.2) is 0 Å². The number of nitrogens with one attached hydrogen (secondary N) is 1. The molecule has 1 N–H and O–H groups in total. The lowest BCUT2D eigenvalue weighted by atomic mass is 9.76. The molecule has 2 fully saturated rings. The van der Waals surface area contributed by atoms with E-state index in [1.807, 2.05) is 7.05 Å². The van der Waals surface area contributed by atoms with Gasteiger partial charge in [-0.1, -0.05) is 42.7 Å². The molecule has 1 amide bonds. The second kappa shape index (κ2) is 8.35. The van der Waals surface area contributed by atoms with Crippen LogP contribution in [0, 0.1) is 12.8 Å². The van der Waals surface area contributed by atoms with Crippen LogP contribution >= 0.6 is 12.4 Å². The normalized spacial score (nSPS) is 20.7. The van der Waals surface area contributed by atoms with E-state index in [0.29, 0.717) is 5.91 Å². The van der Waals surface area contributed by atoms with E-state index < -0.39 is 0 Å². The second-order valence-electron chi connectivity index (χ2n) is 7.45. The number of halogens is 1. The number of amides is 1. The first-order chi connectivity index (χ1) is 11.2. The Kier molecular flexibility index (Phi) is 6.70. The van der Waals surface area contributed by atoms with Gasteiger partial charge in [-0.05, 0) is 57.7 Å². The molecule has 1 saturated carbocycles. The highest BCUT2D eigenvalue weighted by Gasteiger charge is 2.45. The van der Waals surface area contributed by atoms with Gasteiger partial charge >= 0.3 is 0 Å². The molecule has 0 radical (unpaired) electrons. The van der Waals surface area contributed by atoms with Crippen LogP contribution in [0.4, 0.5) is 0 Å². The van der Waals surface area contributed by atoms with Gasteiger partial charge in [-0.2, -0.15) is 0 Å². The summed E-state index contributed by atoms with van der Waals surface area (Å²) in [5, 5.41) is 3.27. The van der Waals surface area contributed by atoms with Gasteiger partial charge in [0.25, 0.3) is 0 Å². The number of aryl methyl sites for hydroxylation is 1. The van der Waals surface area contributed by atoms with Crippen LogP contribution in [-0.4, -0.2) is 37.5 Å². The Labute approximate surface area is 152 Å². The summed E-state index contributed by atoms with van der Waals surface area (Å²) in [6, 6.07) is 8.64. The summed E-state index contributed by atoms with van der Waals surface area (Å²) in [4.78, 5) is 15.6. The molecule has 0 bridgehead atoms. The molecule has 0 spiro atoms. The molecular formula is C20H31ClN2O. The predicted molar refractivity (Wildman–Crippen MR) is 102 cm³/mol. The largest absolute Gasteiger partial charge is 0.342 e. The third-order valence-electron chi connectivity index (χ3n) is 5.83. The van der Waals surface area contributed by atoms with Gasteiger partial charge in [-0.3, -0.25) is 4.79 Å². The Morgan fingerprint density at radius 3 is 2.50 bits per heavy atom. The fraction of sp³-hybridized carbons (Fsp3) is 0.650. The van der Waals surface area contributed by atoms with Crippen LogP contribution in [0.5, 0.6) is 0 Å². The van der Waals surface area contributed by atoms with Crippen LogP contribution in [0.1, 0.15) is 49.7 Å². The van der Waals surface area contributed by atoms with Crippen LogP contribution in [0.25, 0.3) is 0 Å². The highest BCUT2D eigenvalue weighted by Crippen LogP contribution is 2.43. The molecule has 1 saturated heterocycles. The fourth-order valence-corrected chi connectivity index (χ4v) is 4.48. The van der Waals surface area contributed by atoms with Crippen molar-refractivity contribution in [2.45, 2.75) is 50.9 Å². The van der Waals surface area contributed by atoms with Crippen LogP contribution < -0.4 is 5.32 Å². The monoisotopic (exact) mass is 350 g/mol. The number of piperidine rings is 1. The Bertz CT molecular complexity index is 546. The first-order valence-corrected chi connectivity index (χ1v) is 9.17. The van der Waals surface area contributed by atoms with Gasteiger partial charge in [0.05, 0.1) is 5.41 Å². The SMILES string of the molecule is CNCC1CCN(C(=O)C2(c3cccc(C)c3)CCCC2)CC1.Cl. The van der Waals surface area contributed by atoms with Crippen molar-refractivity contribution in [3.8, 4) is 0 Å². The van der Waals surface area contributed by atoms with Crippen molar-refractivity contribution in [1.82, 2.24) is 10.2 Å². The lowest BCUT2D eigenvalue weighted by Gasteiger charge is -2.39. The van der Waals surface area contributed by atoms with Crippen molar-refractivity contribution >= 4 is 18.3 Å². The molecule has 134 valence electrons. The molecular weight excluding hydrogens is 320 g/mol. The quantitative estimate of drug-likeness (QED) is 0.898. The Hall–Kier alpha value is -1.06. The van der Waals surface area contributed by atoms with E-state index in [4.69, 9.17) is 0 Å². The third kappa shape index (κ3) is 3.78. The molecule has 1 heterocycles. The van der Waals surface area contributed by atoms with Gasteiger partial charge < -0.3 is 10.2 Å². The van der Waals surface area contributed by atoms with E-state index in [1.54, 1.807) is 0 Å². The summed E-state index contributed by atoms with van der Waals surface area (Å²) in [6.07, 6.45) is 6.66. The van der Waals surface area contributed by atoms with Crippen molar-refractivity contribution in [2.24, 2.45) is 5.92 Å². The molecule has 0 atom stereocenters. The summed E-state index contributed by atoms with van der Waals surface area (Å²) in [7, 11) is 2.02. The first-order valence-electron chi connectivity index (χ1n) is 9.17. The first kappa shape index (κ1) is 19.3. The summed E-state index contributed by atoms with van der Waals surface area (Å²) in [6.45, 7) is 5.06. The van der Waals surface area contributed by atoms with Crippen molar-refractivity contribution in [3.05, 3.63) is 35.4 Å². The number of likely N-dealkylation sites (tertiary alicyclic amines) is 1. The predicted octanol–water partition coefficient (Wildman–Crippen LogP) is 3.69. The zero-order valence-corrected chi connectivity index (χ0v) is 15.8. The number of rotatable bonds is 4. The van der Waals surface area contributed by atoms with Gasteiger partial charge in [0.2, 0.25) is 5.91 Å². The lowest BCUT2D eigenvalue weighted by molar-refractivity contribution is -0.138. The summed E-state index contributed by atoms with van der Waals surface area (Å²) in [5.74, 6) is 1.12. The third-order valence-corrected chi connectivity index (χ3v) is 5.83. The van der Waals surface area contributed by atoms with Crippen molar-refractivity contribution in [3.63, 3.8) is 0 Å². The molecule has 1 aliphatic heterocycles. The molecule has 1 aliphatic carbocycles. The summed E-state index contributed by atoms with van der Waals surface area (Å²) < 4.78 is 0. The van der Waals surface area contributed by atoms with Crippen LogP contribution in [0.3, 0.4) is 0 Å². The topological polar surface area (TPSA) is 32.3 Å². The number of hydrogen-bond acceptors (Lipinski definition) is 2. The lowest BCUT2D eigenvalue weighted by Crippen LogP contribution is -2.49. The molecule has 1 aromatic rings. The molecule has 24 heavy (non-hydrogen) atoms. The minimum atomic E-state index is -0.248. The minimum absolute atomic E-state index is 0. The highest BCUT2D eigenvalue weighted by molar-refractivity contribution is 5.88. The van der Waals surface area contributed by atoms with E-state index in [0.717, 1.165) is 51.2 Å². The fourth-order valence-electron chi connectivity index (χ4n) is 4.48. The molecule has 3 rings (SSSR count). The average molecular weight is 351 g/mol. The van der Waals surface area contributed by atoms with E-state index in [-0.39, 0.29) is 17.8 Å². The highest BCUT2D eigenvalue weighted by atomic mass is 35.5. The minimum Gasteiger partial charge on any atom is -0.342 e. The molecule has 0 unspecified atom stereocenters. The van der Waals surface area contributed by atoms with Crippen LogP contribution in [0.2, 0.25) is 0 Å². The number of nitrogens with zero attached hydrogens (tertiary/aromatic N) is 1. The van der Waals surface area contributed by atoms with Gasteiger partial charge in [0.1, 0.15) is 0 Å². The second-order valence-corrected chi connectivity index (χ2v) is 7.45. The maximum Gasteiger partial charge on any atom is 0.233 e. The number of carbonyl (C=O) groups is 1. The maximum atomic E-state index is 13.4. The summed E-state index contributed by atoms with van der Waals surface area (Å²) >= 11 is 0. The van der Waals surface area contributed by atoms with Crippen molar-refractivity contribution < 1.29 is 4.79 Å². The number of carbonyl (C=O) groups excluding carboxylic acids is 1. The maximum absolute atomic E-state index is 13.4. The molecule has 3 nitrogen and oxygen atoms in total. The van der Waals surface area contributed by atoms with Gasteiger partial charge in [-0.15, -0.1) is 12.4 Å². The van der Waals surface area contributed by atoms with E-state index in [9.17, 15) is 4.79 Å².